The third-order valence-electron chi connectivity index (χ3n) is 4.72. The van der Waals surface area contributed by atoms with Crippen LogP contribution in [0, 0.1) is 0 Å². The number of nitrogens with zero attached hydrogens (tertiary/aromatic N) is 2. The van der Waals surface area contributed by atoms with Gasteiger partial charge in [0, 0.05) is 17.0 Å². The summed E-state index contributed by atoms with van der Waals surface area (Å²) in [5.41, 5.74) is 4.50. The van der Waals surface area contributed by atoms with E-state index in [2.05, 4.69) is 85.1 Å². The summed E-state index contributed by atoms with van der Waals surface area (Å²) in [6.45, 7) is 4.23. The second-order valence-electron chi connectivity index (χ2n) is 7.06. The highest BCUT2D eigenvalue weighted by Gasteiger charge is 2.17. The maximum atomic E-state index is 5.33. The molecule has 0 atom stereocenters. The van der Waals surface area contributed by atoms with Crippen LogP contribution in [0.15, 0.2) is 89.9 Å². The first-order valence-corrected chi connectivity index (χ1v) is 9.56. The van der Waals surface area contributed by atoms with Crippen LogP contribution in [0.2, 0.25) is 0 Å². The van der Waals surface area contributed by atoms with Crippen LogP contribution in [0.1, 0.15) is 19.4 Å². The van der Waals surface area contributed by atoms with Crippen LogP contribution in [0.25, 0.3) is 22.2 Å². The Morgan fingerprint density at radius 1 is 0.857 bits per heavy atom. The smallest absolute Gasteiger partial charge is 0.140 e. The molecule has 28 heavy (non-hydrogen) atoms. The molecule has 4 aromatic rings. The molecule has 1 heterocycles. The van der Waals surface area contributed by atoms with Crippen LogP contribution in [-0.2, 0) is 0 Å². The average Bonchev–Trinajstić information content (AvgIpc) is 3.12. The lowest BCUT2D eigenvalue weighted by atomic mass is 10.1. The lowest BCUT2D eigenvalue weighted by molar-refractivity contribution is 0.415. The molecule has 3 aromatic carbocycles. The molecule has 0 saturated heterocycles. The van der Waals surface area contributed by atoms with Gasteiger partial charge < -0.3 is 4.74 Å². The number of aromatic nitrogens is 1. The Morgan fingerprint density at radius 3 is 2.21 bits per heavy atom. The van der Waals surface area contributed by atoms with Gasteiger partial charge in [-0.15, -0.1) is 0 Å². The monoisotopic (exact) mass is 368 g/mol. The van der Waals surface area contributed by atoms with Crippen molar-refractivity contribution in [1.29, 1.82) is 0 Å². The summed E-state index contributed by atoms with van der Waals surface area (Å²) in [6.07, 6.45) is 0. The molecule has 0 aliphatic carbocycles. The molecule has 4 rings (SSSR count). The fourth-order valence-electron chi connectivity index (χ4n) is 3.45. The van der Waals surface area contributed by atoms with E-state index in [1.165, 1.54) is 5.39 Å². The molecule has 140 valence electrons. The fourth-order valence-corrected chi connectivity index (χ4v) is 3.45. The van der Waals surface area contributed by atoms with Gasteiger partial charge in [0.05, 0.1) is 18.3 Å². The molecule has 0 N–H and O–H groups in total. The first-order chi connectivity index (χ1) is 13.7. The highest BCUT2D eigenvalue weighted by molar-refractivity contribution is 6.08. The average molecular weight is 368 g/mol. The predicted molar refractivity (Wildman–Crippen MR) is 117 cm³/mol. The van der Waals surface area contributed by atoms with Crippen LogP contribution in [0.5, 0.6) is 5.75 Å². The second-order valence-corrected chi connectivity index (χ2v) is 7.06. The summed E-state index contributed by atoms with van der Waals surface area (Å²) < 4.78 is 7.60. The van der Waals surface area contributed by atoms with Crippen LogP contribution in [0.3, 0.4) is 0 Å². The third-order valence-corrected chi connectivity index (χ3v) is 4.72. The third kappa shape index (κ3) is 3.44. The minimum Gasteiger partial charge on any atom is -0.497 e. The molecular weight excluding hydrogens is 344 g/mol. The summed E-state index contributed by atoms with van der Waals surface area (Å²) >= 11 is 0. The minimum absolute atomic E-state index is 0.181. The van der Waals surface area contributed by atoms with Crippen molar-refractivity contribution in [2.24, 2.45) is 4.99 Å². The van der Waals surface area contributed by atoms with Gasteiger partial charge in [0.2, 0.25) is 0 Å². The molecular formula is C25H24N2O. The summed E-state index contributed by atoms with van der Waals surface area (Å²) in [6, 6.07) is 29.5. The van der Waals surface area contributed by atoms with Gasteiger partial charge in [-0.25, -0.2) is 0 Å². The van der Waals surface area contributed by atoms with Crippen molar-refractivity contribution in [3.05, 3.63) is 90.5 Å². The Labute approximate surface area is 165 Å². The molecule has 3 nitrogen and oxygen atoms in total. The lowest BCUT2D eigenvalue weighted by Crippen LogP contribution is -2.16. The normalized spacial score (nSPS) is 11.9. The van der Waals surface area contributed by atoms with E-state index in [0.717, 1.165) is 33.9 Å². The molecule has 0 saturated carbocycles. The summed E-state index contributed by atoms with van der Waals surface area (Å²) in [4.78, 5) is 5.01. The van der Waals surface area contributed by atoms with Gasteiger partial charge in [0.1, 0.15) is 11.6 Å². The van der Waals surface area contributed by atoms with Gasteiger partial charge in [0.25, 0.3) is 0 Å². The van der Waals surface area contributed by atoms with Crippen LogP contribution >= 0.6 is 0 Å². The second kappa shape index (κ2) is 7.73. The number of rotatable bonds is 4. The molecule has 0 unspecified atom stereocenters. The van der Waals surface area contributed by atoms with Gasteiger partial charge in [-0.05, 0) is 55.8 Å². The van der Waals surface area contributed by atoms with E-state index in [4.69, 9.17) is 9.73 Å². The first-order valence-electron chi connectivity index (χ1n) is 9.56. The molecule has 0 amide bonds. The number of benzene rings is 3. The van der Waals surface area contributed by atoms with E-state index in [-0.39, 0.29) is 6.04 Å². The van der Waals surface area contributed by atoms with E-state index in [0.29, 0.717) is 0 Å². The van der Waals surface area contributed by atoms with E-state index < -0.39 is 0 Å². The van der Waals surface area contributed by atoms with Crippen molar-refractivity contribution < 1.29 is 4.74 Å². The number of ether oxygens (including phenoxy) is 1. The highest BCUT2D eigenvalue weighted by Crippen LogP contribution is 2.30. The molecule has 0 bridgehead atoms. The Kier molecular flexibility index (Phi) is 4.98. The van der Waals surface area contributed by atoms with Crippen molar-refractivity contribution in [2.45, 2.75) is 19.9 Å². The van der Waals surface area contributed by atoms with Crippen molar-refractivity contribution >= 4 is 16.7 Å². The standard InChI is InChI=1S/C25H24N2O/c1-18(2)26-25(20-9-5-4-6-10-20)27-23-12-8-7-11-21(23)17-24(27)19-13-15-22(28-3)16-14-19/h4-18H,1-3H3. The molecule has 0 spiro atoms. The highest BCUT2D eigenvalue weighted by atomic mass is 16.5. The Bertz CT molecular complexity index is 1110. The Hall–Kier alpha value is -3.33. The number of fused-ring (bicyclic) bond motifs is 1. The molecule has 0 radical (unpaired) electrons. The number of para-hydroxylation sites is 1. The van der Waals surface area contributed by atoms with Gasteiger partial charge >= 0.3 is 0 Å². The number of aliphatic imine (C=N–C) groups is 1. The van der Waals surface area contributed by atoms with Crippen molar-refractivity contribution in [3.63, 3.8) is 0 Å². The number of methoxy groups -OCH3 is 1. The molecule has 0 aliphatic rings. The van der Waals surface area contributed by atoms with Crippen molar-refractivity contribution in [3.8, 4) is 17.0 Å². The minimum atomic E-state index is 0.181. The molecule has 1 aromatic heterocycles. The number of hydrogen-bond acceptors (Lipinski definition) is 2. The maximum absolute atomic E-state index is 5.33. The summed E-state index contributed by atoms with van der Waals surface area (Å²) in [5.74, 6) is 1.81. The van der Waals surface area contributed by atoms with Crippen molar-refractivity contribution in [2.75, 3.05) is 7.11 Å². The first kappa shape index (κ1) is 18.1. The largest absolute Gasteiger partial charge is 0.497 e. The van der Waals surface area contributed by atoms with Gasteiger partial charge in [-0.3, -0.25) is 9.56 Å². The van der Waals surface area contributed by atoms with Crippen molar-refractivity contribution in [1.82, 2.24) is 4.57 Å². The topological polar surface area (TPSA) is 26.5 Å². The Balaban J connectivity index is 2.00. The zero-order chi connectivity index (χ0) is 19.5. The van der Waals surface area contributed by atoms with Gasteiger partial charge in [-0.1, -0.05) is 48.5 Å². The van der Waals surface area contributed by atoms with E-state index >= 15 is 0 Å². The number of hydrogen-bond donors (Lipinski definition) is 0. The SMILES string of the molecule is COc1ccc(-c2cc3ccccc3n2C(=NC(C)C)c2ccccc2)cc1. The quantitative estimate of drug-likeness (QED) is 0.319. The lowest BCUT2D eigenvalue weighted by Gasteiger charge is -2.16. The molecule has 0 aliphatic heterocycles. The summed E-state index contributed by atoms with van der Waals surface area (Å²) in [7, 11) is 1.69. The summed E-state index contributed by atoms with van der Waals surface area (Å²) in [5, 5.41) is 1.20. The molecule has 0 fully saturated rings. The zero-order valence-corrected chi connectivity index (χ0v) is 16.5. The van der Waals surface area contributed by atoms with Crippen LogP contribution in [-0.4, -0.2) is 23.6 Å². The maximum Gasteiger partial charge on any atom is 0.140 e. The van der Waals surface area contributed by atoms with E-state index in [1.807, 2.05) is 18.2 Å². The van der Waals surface area contributed by atoms with Gasteiger partial charge in [-0.2, -0.15) is 0 Å². The van der Waals surface area contributed by atoms with E-state index in [1.54, 1.807) is 7.11 Å². The zero-order valence-electron chi connectivity index (χ0n) is 16.5. The Morgan fingerprint density at radius 2 is 1.54 bits per heavy atom. The van der Waals surface area contributed by atoms with Crippen LogP contribution in [0.4, 0.5) is 0 Å². The fraction of sp³-hybridized carbons (Fsp3) is 0.160. The van der Waals surface area contributed by atoms with E-state index in [9.17, 15) is 0 Å². The predicted octanol–water partition coefficient (Wildman–Crippen LogP) is 6.02. The van der Waals surface area contributed by atoms with Gasteiger partial charge in [0.15, 0.2) is 0 Å². The molecule has 3 heteroatoms. The van der Waals surface area contributed by atoms with Crippen LogP contribution < -0.4 is 4.74 Å².